The molecule has 5 heteroatoms. The van der Waals surface area contributed by atoms with E-state index in [4.69, 9.17) is 0 Å². The van der Waals surface area contributed by atoms with E-state index in [1.165, 1.54) is 17.1 Å². The number of aromatic nitrogens is 2. The van der Waals surface area contributed by atoms with Crippen LogP contribution in [0.1, 0.15) is 17.3 Å². The van der Waals surface area contributed by atoms with Crippen LogP contribution in [-0.4, -0.2) is 16.6 Å². The lowest BCUT2D eigenvalue weighted by Crippen LogP contribution is -2.19. The van der Waals surface area contributed by atoms with Gasteiger partial charge in [-0.1, -0.05) is 32.6 Å². The molecule has 3 nitrogen and oxygen atoms in total. The molecule has 1 aromatic carbocycles. The first-order valence-electron chi connectivity index (χ1n) is 4.98. The van der Waals surface area contributed by atoms with Crippen molar-refractivity contribution < 1.29 is 0 Å². The van der Waals surface area contributed by atoms with Crippen molar-refractivity contribution >= 4 is 27.5 Å². The highest BCUT2D eigenvalue weighted by molar-refractivity contribution is 9.10. The van der Waals surface area contributed by atoms with Gasteiger partial charge in [0.2, 0.25) is 0 Å². The zero-order valence-electron chi connectivity index (χ0n) is 8.85. The van der Waals surface area contributed by atoms with Gasteiger partial charge in [-0.15, -0.1) is 5.10 Å². The van der Waals surface area contributed by atoms with E-state index in [2.05, 4.69) is 55.1 Å². The van der Waals surface area contributed by atoms with Crippen molar-refractivity contribution in [3.8, 4) is 0 Å². The maximum absolute atomic E-state index is 4.10. The molecule has 0 aliphatic rings. The monoisotopic (exact) mass is 297 g/mol. The number of hydrogen-bond acceptors (Lipinski definition) is 4. The van der Waals surface area contributed by atoms with Gasteiger partial charge in [-0.05, 0) is 42.7 Å². The number of likely N-dealkylation sites (N-methyl/N-ethyl adjacent to an activating group) is 1. The smallest absolute Gasteiger partial charge is 0.0928 e. The zero-order valence-corrected chi connectivity index (χ0v) is 11.3. The molecule has 0 saturated carbocycles. The standard InChI is InChI=1S/C11H12BrN3S/c1-13-10(11-7-16-15-14-11)6-8-2-4-9(12)5-3-8/h2-5,7,10,13H,6H2,1H3. The van der Waals surface area contributed by atoms with Crippen LogP contribution >= 0.6 is 27.5 Å². The van der Waals surface area contributed by atoms with E-state index in [1.54, 1.807) is 0 Å². The lowest BCUT2D eigenvalue weighted by molar-refractivity contribution is 0.574. The molecule has 2 rings (SSSR count). The highest BCUT2D eigenvalue weighted by atomic mass is 79.9. The first kappa shape index (κ1) is 11.7. The van der Waals surface area contributed by atoms with Crippen LogP contribution < -0.4 is 5.32 Å². The largest absolute Gasteiger partial charge is 0.311 e. The Kier molecular flexibility index (Phi) is 4.04. The normalized spacial score (nSPS) is 12.6. The lowest BCUT2D eigenvalue weighted by Gasteiger charge is -2.13. The molecule has 1 N–H and O–H groups in total. The van der Waals surface area contributed by atoms with Crippen LogP contribution in [0.15, 0.2) is 34.1 Å². The van der Waals surface area contributed by atoms with Crippen molar-refractivity contribution in [2.24, 2.45) is 0 Å². The van der Waals surface area contributed by atoms with Crippen LogP contribution in [0, 0.1) is 0 Å². The molecule has 1 unspecified atom stereocenters. The molecule has 0 aliphatic carbocycles. The van der Waals surface area contributed by atoms with Gasteiger partial charge in [0.25, 0.3) is 0 Å². The summed E-state index contributed by atoms with van der Waals surface area (Å²) in [5.74, 6) is 0. The number of halogens is 1. The second kappa shape index (κ2) is 5.52. The minimum atomic E-state index is 0.236. The number of benzene rings is 1. The zero-order chi connectivity index (χ0) is 11.4. The summed E-state index contributed by atoms with van der Waals surface area (Å²) in [4.78, 5) is 0. The van der Waals surface area contributed by atoms with Crippen molar-refractivity contribution in [1.29, 1.82) is 0 Å². The Labute approximate surface area is 107 Å². The van der Waals surface area contributed by atoms with Gasteiger partial charge in [0.05, 0.1) is 11.7 Å². The van der Waals surface area contributed by atoms with Gasteiger partial charge in [0, 0.05) is 9.85 Å². The van der Waals surface area contributed by atoms with Gasteiger partial charge >= 0.3 is 0 Å². The summed E-state index contributed by atoms with van der Waals surface area (Å²) >= 11 is 4.82. The van der Waals surface area contributed by atoms with Crippen molar-refractivity contribution in [2.45, 2.75) is 12.5 Å². The lowest BCUT2D eigenvalue weighted by atomic mass is 10.0. The van der Waals surface area contributed by atoms with Gasteiger partial charge < -0.3 is 5.32 Å². The summed E-state index contributed by atoms with van der Waals surface area (Å²) in [7, 11) is 1.95. The van der Waals surface area contributed by atoms with Crippen LogP contribution in [-0.2, 0) is 6.42 Å². The van der Waals surface area contributed by atoms with Crippen molar-refractivity contribution in [3.05, 3.63) is 45.4 Å². The van der Waals surface area contributed by atoms with Gasteiger partial charge in [-0.3, -0.25) is 0 Å². The second-order valence-corrected chi connectivity index (χ2v) is 5.03. The molecule has 0 bridgehead atoms. The van der Waals surface area contributed by atoms with Crippen LogP contribution in [0.25, 0.3) is 0 Å². The minimum Gasteiger partial charge on any atom is -0.311 e. The van der Waals surface area contributed by atoms with E-state index in [0.29, 0.717) is 0 Å². The highest BCUT2D eigenvalue weighted by Gasteiger charge is 2.12. The molecular formula is C11H12BrN3S. The molecule has 0 aliphatic heterocycles. The number of rotatable bonds is 4. The van der Waals surface area contributed by atoms with Crippen molar-refractivity contribution in [1.82, 2.24) is 14.9 Å². The SMILES string of the molecule is CNC(Cc1ccc(Br)cc1)c1csnn1. The third kappa shape index (κ3) is 2.87. The van der Waals surface area contributed by atoms with E-state index in [0.717, 1.165) is 16.6 Å². The summed E-state index contributed by atoms with van der Waals surface area (Å²) in [6.45, 7) is 0. The molecule has 1 aromatic heterocycles. The third-order valence-corrected chi connectivity index (χ3v) is 3.49. The molecule has 16 heavy (non-hydrogen) atoms. The summed E-state index contributed by atoms with van der Waals surface area (Å²) in [5.41, 5.74) is 2.30. The number of nitrogens with zero attached hydrogens (tertiary/aromatic N) is 2. The summed E-state index contributed by atoms with van der Waals surface area (Å²) in [6.07, 6.45) is 0.926. The third-order valence-electron chi connectivity index (χ3n) is 2.44. The topological polar surface area (TPSA) is 37.8 Å². The minimum absolute atomic E-state index is 0.236. The predicted molar refractivity (Wildman–Crippen MR) is 69.6 cm³/mol. The summed E-state index contributed by atoms with van der Waals surface area (Å²) < 4.78 is 5.00. The van der Waals surface area contributed by atoms with E-state index >= 15 is 0 Å². The van der Waals surface area contributed by atoms with Gasteiger partial charge in [-0.2, -0.15) is 0 Å². The Bertz CT molecular complexity index is 427. The van der Waals surface area contributed by atoms with E-state index < -0.39 is 0 Å². The van der Waals surface area contributed by atoms with E-state index in [9.17, 15) is 0 Å². The van der Waals surface area contributed by atoms with E-state index in [1.807, 2.05) is 12.4 Å². The molecule has 2 aromatic rings. The predicted octanol–water partition coefficient (Wildman–Crippen LogP) is 2.80. The first-order chi connectivity index (χ1) is 7.79. The molecular weight excluding hydrogens is 286 g/mol. The van der Waals surface area contributed by atoms with Crippen LogP contribution in [0.2, 0.25) is 0 Å². The Morgan fingerprint density at radius 1 is 1.38 bits per heavy atom. The van der Waals surface area contributed by atoms with E-state index in [-0.39, 0.29) is 6.04 Å². The molecule has 0 saturated heterocycles. The molecule has 0 spiro atoms. The van der Waals surface area contributed by atoms with Crippen molar-refractivity contribution in [3.63, 3.8) is 0 Å². The Morgan fingerprint density at radius 3 is 2.69 bits per heavy atom. The second-order valence-electron chi connectivity index (χ2n) is 3.50. The molecule has 0 amide bonds. The summed E-state index contributed by atoms with van der Waals surface area (Å²) in [5, 5.41) is 9.34. The van der Waals surface area contributed by atoms with Gasteiger partial charge in [0.1, 0.15) is 0 Å². The number of hydrogen-bond donors (Lipinski definition) is 1. The first-order valence-corrected chi connectivity index (χ1v) is 6.61. The van der Waals surface area contributed by atoms with Crippen molar-refractivity contribution in [2.75, 3.05) is 7.05 Å². The van der Waals surface area contributed by atoms with Crippen LogP contribution in [0.3, 0.4) is 0 Å². The van der Waals surface area contributed by atoms with Crippen LogP contribution in [0.4, 0.5) is 0 Å². The Hall–Kier alpha value is -0.780. The molecule has 1 heterocycles. The summed E-state index contributed by atoms with van der Waals surface area (Å²) in [6, 6.07) is 8.59. The fraction of sp³-hybridized carbons (Fsp3) is 0.273. The molecule has 84 valence electrons. The average molecular weight is 298 g/mol. The fourth-order valence-corrected chi connectivity index (χ4v) is 2.31. The molecule has 0 fully saturated rings. The van der Waals surface area contributed by atoms with Crippen LogP contribution in [0.5, 0.6) is 0 Å². The Morgan fingerprint density at radius 2 is 2.12 bits per heavy atom. The maximum Gasteiger partial charge on any atom is 0.0928 e. The quantitative estimate of drug-likeness (QED) is 0.943. The average Bonchev–Trinajstić information content (AvgIpc) is 2.82. The Balaban J connectivity index is 2.10. The number of nitrogens with one attached hydrogen (secondary N) is 1. The maximum atomic E-state index is 4.10. The van der Waals surface area contributed by atoms with Gasteiger partial charge in [0.15, 0.2) is 0 Å². The molecule has 1 atom stereocenters. The van der Waals surface area contributed by atoms with Gasteiger partial charge in [-0.25, -0.2) is 0 Å². The molecule has 0 radical (unpaired) electrons. The fourth-order valence-electron chi connectivity index (χ4n) is 1.53. The highest BCUT2D eigenvalue weighted by Crippen LogP contribution is 2.18.